The number of nitro groups is 1. The van der Waals surface area contributed by atoms with Crippen LogP contribution in [-0.2, 0) is 6.54 Å². The highest BCUT2D eigenvalue weighted by atomic mass is 35.5. The molecular formula is C11H11ClN6O2. The second-order valence-electron chi connectivity index (χ2n) is 3.81. The lowest BCUT2D eigenvalue weighted by Gasteiger charge is -2.07. The van der Waals surface area contributed by atoms with Crippen molar-refractivity contribution in [1.29, 1.82) is 0 Å². The zero-order chi connectivity index (χ0) is 14.5. The van der Waals surface area contributed by atoms with Crippen LogP contribution in [0.4, 0.5) is 17.5 Å². The van der Waals surface area contributed by atoms with Crippen LogP contribution in [0.15, 0.2) is 30.5 Å². The van der Waals surface area contributed by atoms with Gasteiger partial charge in [0.2, 0.25) is 11.8 Å². The van der Waals surface area contributed by atoms with Gasteiger partial charge in [0.05, 0.1) is 4.92 Å². The number of aromatic nitrogens is 2. The van der Waals surface area contributed by atoms with Crippen molar-refractivity contribution >= 4 is 29.1 Å². The lowest BCUT2D eigenvalue weighted by atomic mass is 10.2. The number of nitrogens with one attached hydrogen (secondary N) is 2. The summed E-state index contributed by atoms with van der Waals surface area (Å²) < 4.78 is 0. The molecule has 0 aliphatic rings. The van der Waals surface area contributed by atoms with E-state index in [0.717, 1.165) is 11.8 Å². The first-order chi connectivity index (χ1) is 9.60. The smallest absolute Gasteiger partial charge is 0.329 e. The van der Waals surface area contributed by atoms with Crippen molar-refractivity contribution in [2.75, 3.05) is 10.7 Å². The number of benzene rings is 1. The molecule has 0 unspecified atom stereocenters. The molecule has 8 nitrogen and oxygen atoms in total. The Bertz CT molecular complexity index is 636. The minimum atomic E-state index is -0.569. The molecule has 0 atom stereocenters. The van der Waals surface area contributed by atoms with Gasteiger partial charge in [0.1, 0.15) is 6.20 Å². The van der Waals surface area contributed by atoms with E-state index in [9.17, 15) is 10.1 Å². The van der Waals surface area contributed by atoms with E-state index < -0.39 is 4.92 Å². The van der Waals surface area contributed by atoms with E-state index in [-0.39, 0.29) is 17.5 Å². The van der Waals surface area contributed by atoms with Crippen molar-refractivity contribution in [3.63, 3.8) is 0 Å². The number of rotatable bonds is 5. The maximum atomic E-state index is 10.9. The average Bonchev–Trinajstić information content (AvgIpc) is 2.44. The predicted octanol–water partition coefficient (Wildman–Crippen LogP) is 1.94. The van der Waals surface area contributed by atoms with Gasteiger partial charge in [-0.2, -0.15) is 4.98 Å². The molecule has 0 saturated carbocycles. The summed E-state index contributed by atoms with van der Waals surface area (Å²) in [6, 6.07) is 7.13. The van der Waals surface area contributed by atoms with Crippen molar-refractivity contribution in [2.45, 2.75) is 6.54 Å². The van der Waals surface area contributed by atoms with Gasteiger partial charge < -0.3 is 5.32 Å². The molecule has 0 amide bonds. The second-order valence-corrected chi connectivity index (χ2v) is 4.25. The third kappa shape index (κ3) is 3.31. The largest absolute Gasteiger partial charge is 0.360 e. The minimum absolute atomic E-state index is 0.0814. The lowest BCUT2D eigenvalue weighted by Crippen LogP contribution is -2.13. The normalized spacial score (nSPS) is 10.1. The molecule has 0 radical (unpaired) electrons. The van der Waals surface area contributed by atoms with Crippen molar-refractivity contribution in [2.24, 2.45) is 5.84 Å². The van der Waals surface area contributed by atoms with E-state index in [0.29, 0.717) is 11.6 Å². The molecule has 20 heavy (non-hydrogen) atoms. The molecule has 104 valence electrons. The summed E-state index contributed by atoms with van der Waals surface area (Å²) in [5, 5.41) is 14.4. The lowest BCUT2D eigenvalue weighted by molar-refractivity contribution is -0.384. The van der Waals surface area contributed by atoms with Crippen molar-refractivity contribution in [1.82, 2.24) is 9.97 Å². The van der Waals surface area contributed by atoms with Crippen LogP contribution in [0.5, 0.6) is 0 Å². The Morgan fingerprint density at radius 1 is 1.45 bits per heavy atom. The fourth-order valence-corrected chi connectivity index (χ4v) is 1.75. The van der Waals surface area contributed by atoms with Crippen LogP contribution in [0, 0.1) is 10.1 Å². The molecule has 2 rings (SSSR count). The number of hydrazine groups is 1. The summed E-state index contributed by atoms with van der Waals surface area (Å²) in [6.45, 7) is 0.336. The standard InChI is InChI=1S/C11H11ClN6O2/c12-8-3-1-2-7(4-8)5-14-10-9(18(19)20)6-15-11(16-10)17-13/h1-4,6H,5,13H2,(H2,14,15,16,17). The Morgan fingerprint density at radius 3 is 2.90 bits per heavy atom. The molecular weight excluding hydrogens is 284 g/mol. The topological polar surface area (TPSA) is 119 Å². The van der Waals surface area contributed by atoms with Gasteiger partial charge in [0, 0.05) is 11.6 Å². The summed E-state index contributed by atoms with van der Waals surface area (Å²) in [5.74, 6) is 5.35. The molecule has 0 saturated heterocycles. The monoisotopic (exact) mass is 294 g/mol. The van der Waals surface area contributed by atoms with E-state index >= 15 is 0 Å². The molecule has 2 aromatic rings. The molecule has 0 fully saturated rings. The number of hydrogen-bond acceptors (Lipinski definition) is 7. The highest BCUT2D eigenvalue weighted by molar-refractivity contribution is 6.30. The number of halogens is 1. The Morgan fingerprint density at radius 2 is 2.25 bits per heavy atom. The first kappa shape index (κ1) is 14.0. The zero-order valence-corrected chi connectivity index (χ0v) is 11.0. The van der Waals surface area contributed by atoms with Crippen molar-refractivity contribution in [3.05, 3.63) is 51.2 Å². The van der Waals surface area contributed by atoms with Crippen LogP contribution in [0.1, 0.15) is 5.56 Å². The highest BCUT2D eigenvalue weighted by Crippen LogP contribution is 2.22. The van der Waals surface area contributed by atoms with Crippen LogP contribution in [0.2, 0.25) is 5.02 Å². The van der Waals surface area contributed by atoms with Gasteiger partial charge >= 0.3 is 5.69 Å². The fourth-order valence-electron chi connectivity index (χ4n) is 1.54. The zero-order valence-electron chi connectivity index (χ0n) is 10.2. The van der Waals surface area contributed by atoms with Crippen molar-refractivity contribution < 1.29 is 4.92 Å². The summed E-state index contributed by atoms with van der Waals surface area (Å²) in [4.78, 5) is 17.9. The molecule has 1 aromatic carbocycles. The highest BCUT2D eigenvalue weighted by Gasteiger charge is 2.16. The van der Waals surface area contributed by atoms with E-state index in [1.165, 1.54) is 0 Å². The second kappa shape index (κ2) is 6.13. The SMILES string of the molecule is NNc1ncc([N+](=O)[O-])c(NCc2cccc(Cl)c2)n1. The Kier molecular flexibility index (Phi) is 4.28. The van der Waals surface area contributed by atoms with Gasteiger partial charge in [-0.05, 0) is 17.7 Å². The predicted molar refractivity (Wildman–Crippen MR) is 75.3 cm³/mol. The van der Waals surface area contributed by atoms with Gasteiger partial charge in [-0.25, -0.2) is 10.8 Å². The first-order valence-electron chi connectivity index (χ1n) is 5.56. The van der Waals surface area contributed by atoms with Crippen LogP contribution < -0.4 is 16.6 Å². The number of hydrogen-bond donors (Lipinski definition) is 3. The van der Waals surface area contributed by atoms with E-state index in [1.807, 2.05) is 6.07 Å². The van der Waals surface area contributed by atoms with Gasteiger partial charge in [-0.1, -0.05) is 23.7 Å². The number of nitrogens with zero attached hydrogens (tertiary/aromatic N) is 3. The molecule has 9 heteroatoms. The van der Waals surface area contributed by atoms with Gasteiger partial charge in [-0.3, -0.25) is 15.5 Å². The van der Waals surface area contributed by atoms with Crippen LogP contribution in [0.25, 0.3) is 0 Å². The van der Waals surface area contributed by atoms with Gasteiger partial charge in [-0.15, -0.1) is 0 Å². The van der Waals surface area contributed by atoms with Crippen LogP contribution in [0.3, 0.4) is 0 Å². The summed E-state index contributed by atoms with van der Waals surface area (Å²) >= 11 is 5.87. The van der Waals surface area contributed by atoms with Gasteiger partial charge in [0.25, 0.3) is 0 Å². The number of nitrogen functional groups attached to an aromatic ring is 1. The quantitative estimate of drug-likeness (QED) is 0.438. The molecule has 1 aromatic heterocycles. The summed E-state index contributed by atoms with van der Waals surface area (Å²) in [5.41, 5.74) is 2.87. The molecule has 0 aliphatic heterocycles. The third-order valence-corrected chi connectivity index (χ3v) is 2.68. The molecule has 0 aliphatic carbocycles. The van der Waals surface area contributed by atoms with Gasteiger partial charge in [0.15, 0.2) is 0 Å². The van der Waals surface area contributed by atoms with E-state index in [4.69, 9.17) is 17.4 Å². The van der Waals surface area contributed by atoms with Crippen molar-refractivity contribution in [3.8, 4) is 0 Å². The molecule has 1 heterocycles. The minimum Gasteiger partial charge on any atom is -0.360 e. The third-order valence-electron chi connectivity index (χ3n) is 2.44. The average molecular weight is 295 g/mol. The Hall–Kier alpha value is -2.45. The van der Waals surface area contributed by atoms with Crippen LogP contribution in [-0.4, -0.2) is 14.9 Å². The maximum absolute atomic E-state index is 10.9. The molecule has 0 spiro atoms. The Balaban J connectivity index is 2.21. The number of anilines is 2. The summed E-state index contributed by atoms with van der Waals surface area (Å²) in [6.07, 6.45) is 1.09. The summed E-state index contributed by atoms with van der Waals surface area (Å²) in [7, 11) is 0. The Labute approximate surface area is 119 Å². The maximum Gasteiger partial charge on any atom is 0.329 e. The molecule has 4 N–H and O–H groups in total. The van der Waals surface area contributed by atoms with E-state index in [1.54, 1.807) is 18.2 Å². The van der Waals surface area contributed by atoms with E-state index in [2.05, 4.69) is 20.7 Å². The number of nitrogens with two attached hydrogens (primary N) is 1. The van der Waals surface area contributed by atoms with Crippen LogP contribution >= 0.6 is 11.6 Å². The fraction of sp³-hybridized carbons (Fsp3) is 0.0909. The molecule has 0 bridgehead atoms. The first-order valence-corrected chi connectivity index (χ1v) is 5.94.